The van der Waals surface area contributed by atoms with Gasteiger partial charge in [-0.15, -0.1) is 11.8 Å². The van der Waals surface area contributed by atoms with E-state index in [1.807, 2.05) is 6.07 Å². The van der Waals surface area contributed by atoms with Gasteiger partial charge in [-0.1, -0.05) is 32.8 Å². The summed E-state index contributed by atoms with van der Waals surface area (Å²) in [5.41, 5.74) is 0. The molecule has 1 rings (SSSR count). The first-order valence-electron chi connectivity index (χ1n) is 6.22. The number of hydrogen-bond acceptors (Lipinski definition) is 2. The Morgan fingerprint density at radius 2 is 2.00 bits per heavy atom. The van der Waals surface area contributed by atoms with Crippen molar-refractivity contribution in [1.82, 2.24) is 0 Å². The molecule has 0 saturated carbocycles. The van der Waals surface area contributed by atoms with E-state index in [0.717, 1.165) is 24.2 Å². The molecule has 1 aromatic rings. The van der Waals surface area contributed by atoms with Gasteiger partial charge in [-0.25, -0.2) is 4.39 Å². The van der Waals surface area contributed by atoms with Gasteiger partial charge in [0, 0.05) is 10.6 Å². The van der Waals surface area contributed by atoms with Gasteiger partial charge in [0.15, 0.2) is 0 Å². The van der Waals surface area contributed by atoms with Crippen molar-refractivity contribution in [3.63, 3.8) is 0 Å². The van der Waals surface area contributed by atoms with E-state index in [1.165, 1.54) is 23.9 Å². The van der Waals surface area contributed by atoms with Gasteiger partial charge >= 0.3 is 0 Å². The quantitative estimate of drug-likeness (QED) is 0.741. The van der Waals surface area contributed by atoms with Gasteiger partial charge in [-0.2, -0.15) is 0 Å². The molecule has 17 heavy (non-hydrogen) atoms. The van der Waals surface area contributed by atoms with E-state index in [-0.39, 0.29) is 11.9 Å². The number of thioether (sulfide) groups is 1. The topological polar surface area (TPSA) is 20.2 Å². The van der Waals surface area contributed by atoms with E-state index in [9.17, 15) is 9.50 Å². The second-order valence-corrected chi connectivity index (χ2v) is 5.43. The largest absolute Gasteiger partial charge is 0.392 e. The minimum atomic E-state index is -0.298. The molecule has 1 aromatic carbocycles. The second kappa shape index (κ2) is 7.72. The minimum absolute atomic E-state index is 0.218. The van der Waals surface area contributed by atoms with Crippen molar-refractivity contribution in [3.8, 4) is 0 Å². The molecule has 1 unspecified atom stereocenters. The van der Waals surface area contributed by atoms with E-state index in [0.29, 0.717) is 11.7 Å². The first kappa shape index (κ1) is 14.5. The summed E-state index contributed by atoms with van der Waals surface area (Å²) >= 11 is 1.52. The molecule has 3 heteroatoms. The summed E-state index contributed by atoms with van der Waals surface area (Å²) in [5, 5.41) is 9.90. The van der Waals surface area contributed by atoms with Gasteiger partial charge in [-0.05, 0) is 30.5 Å². The molecular weight excluding hydrogens is 235 g/mol. The number of benzene rings is 1. The number of rotatable bonds is 7. The fourth-order valence-electron chi connectivity index (χ4n) is 1.82. The monoisotopic (exact) mass is 256 g/mol. The molecule has 0 fully saturated rings. The molecule has 0 spiro atoms. The molecule has 0 aliphatic heterocycles. The Morgan fingerprint density at radius 3 is 2.59 bits per heavy atom. The molecule has 0 aromatic heterocycles. The highest BCUT2D eigenvalue weighted by atomic mass is 32.2. The zero-order valence-corrected chi connectivity index (χ0v) is 11.3. The van der Waals surface area contributed by atoms with E-state index in [4.69, 9.17) is 0 Å². The van der Waals surface area contributed by atoms with Crippen molar-refractivity contribution in [1.29, 1.82) is 0 Å². The maximum atomic E-state index is 12.9. The van der Waals surface area contributed by atoms with Crippen LogP contribution in [0.4, 0.5) is 4.39 Å². The van der Waals surface area contributed by atoms with Crippen LogP contribution in [-0.4, -0.2) is 17.0 Å². The molecule has 0 radical (unpaired) electrons. The Hall–Kier alpha value is -0.540. The van der Waals surface area contributed by atoms with Gasteiger partial charge in [-0.3, -0.25) is 0 Å². The molecular formula is C14H21FOS. The standard InChI is InChI=1S/C14H21FOS/c1-3-11(4-2)8-13(16)10-17-14-7-5-6-12(15)9-14/h5-7,9,11,13,16H,3-4,8,10H2,1-2H3. The fraction of sp³-hybridized carbons (Fsp3) is 0.571. The third-order valence-electron chi connectivity index (χ3n) is 3.00. The Labute approximate surface area is 107 Å². The molecule has 0 aliphatic rings. The molecule has 0 bridgehead atoms. The Bertz CT molecular complexity index is 326. The van der Waals surface area contributed by atoms with Crippen molar-refractivity contribution in [2.75, 3.05) is 5.75 Å². The van der Waals surface area contributed by atoms with Crippen LogP contribution in [0.15, 0.2) is 29.2 Å². The van der Waals surface area contributed by atoms with Crippen molar-refractivity contribution in [2.45, 2.75) is 44.1 Å². The maximum Gasteiger partial charge on any atom is 0.124 e. The predicted molar refractivity (Wildman–Crippen MR) is 71.8 cm³/mol. The summed E-state index contributed by atoms with van der Waals surface area (Å²) in [5.74, 6) is 1.02. The second-order valence-electron chi connectivity index (χ2n) is 4.34. The lowest BCUT2D eigenvalue weighted by molar-refractivity contribution is 0.161. The van der Waals surface area contributed by atoms with Gasteiger partial charge in [0.1, 0.15) is 5.82 Å². The zero-order chi connectivity index (χ0) is 12.7. The summed E-state index contributed by atoms with van der Waals surface area (Å²) in [6.07, 6.45) is 2.76. The van der Waals surface area contributed by atoms with Crippen molar-refractivity contribution in [2.24, 2.45) is 5.92 Å². The molecule has 0 amide bonds. The van der Waals surface area contributed by atoms with E-state index in [1.54, 1.807) is 6.07 Å². The highest BCUT2D eigenvalue weighted by molar-refractivity contribution is 7.99. The van der Waals surface area contributed by atoms with Gasteiger partial charge < -0.3 is 5.11 Å². The predicted octanol–water partition coefficient (Wildman–Crippen LogP) is 4.11. The molecule has 1 N–H and O–H groups in total. The zero-order valence-electron chi connectivity index (χ0n) is 10.5. The fourth-order valence-corrected chi connectivity index (χ4v) is 2.72. The molecule has 0 saturated heterocycles. The number of aliphatic hydroxyl groups is 1. The van der Waals surface area contributed by atoms with Gasteiger partial charge in [0.05, 0.1) is 6.10 Å². The highest BCUT2D eigenvalue weighted by Crippen LogP contribution is 2.23. The molecule has 1 atom stereocenters. The average Bonchev–Trinajstić information content (AvgIpc) is 2.33. The van der Waals surface area contributed by atoms with Crippen LogP contribution < -0.4 is 0 Å². The van der Waals surface area contributed by atoms with Crippen LogP contribution >= 0.6 is 11.8 Å². The lowest BCUT2D eigenvalue weighted by Gasteiger charge is -2.16. The Balaban J connectivity index is 2.35. The molecule has 96 valence electrons. The lowest BCUT2D eigenvalue weighted by Crippen LogP contribution is -2.15. The first-order chi connectivity index (χ1) is 8.15. The summed E-state index contributed by atoms with van der Waals surface area (Å²) in [7, 11) is 0. The third kappa shape index (κ3) is 5.55. The summed E-state index contributed by atoms with van der Waals surface area (Å²) in [4.78, 5) is 0.883. The molecule has 0 heterocycles. The first-order valence-corrected chi connectivity index (χ1v) is 7.20. The summed E-state index contributed by atoms with van der Waals surface area (Å²) < 4.78 is 12.9. The number of halogens is 1. The van der Waals surface area contributed by atoms with Gasteiger partial charge in [0.25, 0.3) is 0 Å². The third-order valence-corrected chi connectivity index (χ3v) is 4.14. The highest BCUT2D eigenvalue weighted by Gasteiger charge is 2.11. The minimum Gasteiger partial charge on any atom is -0.392 e. The van der Waals surface area contributed by atoms with E-state index in [2.05, 4.69) is 13.8 Å². The lowest BCUT2D eigenvalue weighted by atomic mass is 9.97. The van der Waals surface area contributed by atoms with Gasteiger partial charge in [0.2, 0.25) is 0 Å². The molecule has 0 aliphatic carbocycles. The van der Waals surface area contributed by atoms with Crippen molar-refractivity contribution < 1.29 is 9.50 Å². The SMILES string of the molecule is CCC(CC)CC(O)CSc1cccc(F)c1. The number of aliphatic hydroxyl groups excluding tert-OH is 1. The van der Waals surface area contributed by atoms with Crippen LogP contribution in [0.1, 0.15) is 33.1 Å². The van der Waals surface area contributed by atoms with E-state index < -0.39 is 0 Å². The van der Waals surface area contributed by atoms with Crippen molar-refractivity contribution >= 4 is 11.8 Å². The van der Waals surface area contributed by atoms with Crippen LogP contribution in [0, 0.1) is 11.7 Å². The Kier molecular flexibility index (Phi) is 6.60. The average molecular weight is 256 g/mol. The van der Waals surface area contributed by atoms with Crippen LogP contribution in [0.5, 0.6) is 0 Å². The summed E-state index contributed by atoms with van der Waals surface area (Å²) in [6, 6.07) is 6.52. The van der Waals surface area contributed by atoms with Crippen LogP contribution in [0.3, 0.4) is 0 Å². The molecule has 1 nitrogen and oxygen atoms in total. The number of hydrogen-bond donors (Lipinski definition) is 1. The van der Waals surface area contributed by atoms with Crippen LogP contribution in [0.25, 0.3) is 0 Å². The normalized spacial score (nSPS) is 13.0. The van der Waals surface area contributed by atoms with Crippen LogP contribution in [-0.2, 0) is 0 Å². The summed E-state index contributed by atoms with van der Waals surface area (Å²) in [6.45, 7) is 4.31. The maximum absolute atomic E-state index is 12.9. The smallest absolute Gasteiger partial charge is 0.124 e. The van der Waals surface area contributed by atoms with E-state index >= 15 is 0 Å². The van der Waals surface area contributed by atoms with Crippen LogP contribution in [0.2, 0.25) is 0 Å². The van der Waals surface area contributed by atoms with Crippen molar-refractivity contribution in [3.05, 3.63) is 30.1 Å². The Morgan fingerprint density at radius 1 is 1.29 bits per heavy atom.